The zero-order valence-electron chi connectivity index (χ0n) is 11.6. The van der Waals surface area contributed by atoms with Gasteiger partial charge in [0.05, 0.1) is 11.4 Å². The predicted octanol–water partition coefficient (Wildman–Crippen LogP) is 3.17. The van der Waals surface area contributed by atoms with Crippen LogP contribution in [0.1, 0.15) is 38.1 Å². The molecule has 2 aromatic heterocycles. The van der Waals surface area contributed by atoms with Crippen molar-refractivity contribution in [2.75, 3.05) is 6.54 Å². The van der Waals surface area contributed by atoms with Crippen molar-refractivity contribution in [3.05, 3.63) is 35.8 Å². The molecule has 0 fully saturated rings. The molecule has 3 nitrogen and oxygen atoms in total. The summed E-state index contributed by atoms with van der Waals surface area (Å²) in [6.07, 6.45) is 4.58. The molecular formula is C15H23N3. The summed E-state index contributed by atoms with van der Waals surface area (Å²) in [4.78, 5) is 4.57. The molecule has 0 bridgehead atoms. The van der Waals surface area contributed by atoms with E-state index in [1.807, 2.05) is 6.07 Å². The Balaban J connectivity index is 2.05. The number of rotatable bonds is 6. The maximum Gasteiger partial charge on any atom is 0.137 e. The van der Waals surface area contributed by atoms with Crippen LogP contribution in [0.3, 0.4) is 0 Å². The van der Waals surface area contributed by atoms with Crippen molar-refractivity contribution in [1.29, 1.82) is 0 Å². The van der Waals surface area contributed by atoms with Crippen molar-refractivity contribution >= 4 is 5.65 Å². The van der Waals surface area contributed by atoms with Gasteiger partial charge in [-0.1, -0.05) is 32.8 Å². The number of aryl methyl sites for hydroxylation is 1. The number of imidazole rings is 1. The Hall–Kier alpha value is -1.35. The highest BCUT2D eigenvalue weighted by atomic mass is 15.0. The molecule has 0 aromatic carbocycles. The van der Waals surface area contributed by atoms with Crippen molar-refractivity contribution in [1.82, 2.24) is 14.7 Å². The van der Waals surface area contributed by atoms with E-state index in [1.54, 1.807) is 0 Å². The van der Waals surface area contributed by atoms with Gasteiger partial charge in [-0.15, -0.1) is 0 Å². The Morgan fingerprint density at radius 3 is 2.78 bits per heavy atom. The highest BCUT2D eigenvalue weighted by Gasteiger charge is 2.08. The van der Waals surface area contributed by atoms with Crippen LogP contribution in [0.4, 0.5) is 0 Å². The molecule has 0 amide bonds. The van der Waals surface area contributed by atoms with E-state index in [-0.39, 0.29) is 0 Å². The summed E-state index contributed by atoms with van der Waals surface area (Å²) >= 11 is 0. The minimum atomic E-state index is 0.782. The lowest BCUT2D eigenvalue weighted by molar-refractivity contribution is 0.447. The highest BCUT2D eigenvalue weighted by Crippen LogP contribution is 2.12. The van der Waals surface area contributed by atoms with Gasteiger partial charge in [-0.05, 0) is 31.5 Å². The molecule has 0 saturated carbocycles. The first-order valence-electron chi connectivity index (χ1n) is 6.89. The molecule has 0 aliphatic carbocycles. The van der Waals surface area contributed by atoms with Crippen LogP contribution in [0.25, 0.3) is 5.65 Å². The van der Waals surface area contributed by atoms with Crippen LogP contribution in [0.2, 0.25) is 0 Å². The molecule has 1 N–H and O–H groups in total. The molecule has 0 aliphatic heterocycles. The third kappa shape index (κ3) is 2.72. The molecule has 98 valence electrons. The lowest BCUT2D eigenvalue weighted by Crippen LogP contribution is -2.22. The normalized spacial score (nSPS) is 11.6. The van der Waals surface area contributed by atoms with Gasteiger partial charge in [-0.3, -0.25) is 0 Å². The first kappa shape index (κ1) is 13.1. The van der Waals surface area contributed by atoms with Gasteiger partial charge < -0.3 is 9.72 Å². The van der Waals surface area contributed by atoms with Crippen molar-refractivity contribution in [3.8, 4) is 0 Å². The molecular weight excluding hydrogens is 222 g/mol. The first-order valence-corrected chi connectivity index (χ1v) is 6.89. The van der Waals surface area contributed by atoms with E-state index in [4.69, 9.17) is 0 Å². The zero-order chi connectivity index (χ0) is 13.0. The minimum Gasteiger partial charge on any atom is -0.311 e. The van der Waals surface area contributed by atoms with Crippen molar-refractivity contribution in [2.24, 2.45) is 5.92 Å². The van der Waals surface area contributed by atoms with Gasteiger partial charge in [-0.2, -0.15) is 0 Å². The van der Waals surface area contributed by atoms with Gasteiger partial charge in [0.2, 0.25) is 0 Å². The summed E-state index contributed by atoms with van der Waals surface area (Å²) < 4.78 is 2.18. The van der Waals surface area contributed by atoms with E-state index >= 15 is 0 Å². The molecule has 2 aromatic rings. The molecule has 0 aliphatic rings. The van der Waals surface area contributed by atoms with E-state index < -0.39 is 0 Å². The largest absolute Gasteiger partial charge is 0.311 e. The monoisotopic (exact) mass is 245 g/mol. The number of fused-ring (bicyclic) bond motifs is 1. The average Bonchev–Trinajstić information content (AvgIpc) is 2.71. The number of nitrogens with zero attached hydrogens (tertiary/aromatic N) is 2. The summed E-state index contributed by atoms with van der Waals surface area (Å²) in [5.74, 6) is 0.782. The van der Waals surface area contributed by atoms with E-state index in [0.29, 0.717) is 0 Å². The summed E-state index contributed by atoms with van der Waals surface area (Å²) in [5, 5.41) is 3.56. The van der Waals surface area contributed by atoms with Gasteiger partial charge in [0.1, 0.15) is 5.65 Å². The van der Waals surface area contributed by atoms with Crippen LogP contribution < -0.4 is 5.32 Å². The number of hydrogen-bond donors (Lipinski definition) is 1. The summed E-state index contributed by atoms with van der Waals surface area (Å²) in [5.41, 5.74) is 3.43. The Morgan fingerprint density at radius 1 is 1.28 bits per heavy atom. The molecule has 0 atom stereocenters. The van der Waals surface area contributed by atoms with Gasteiger partial charge >= 0.3 is 0 Å². The van der Waals surface area contributed by atoms with Crippen molar-refractivity contribution in [2.45, 2.75) is 40.2 Å². The van der Waals surface area contributed by atoms with E-state index in [1.165, 1.54) is 18.5 Å². The zero-order valence-corrected chi connectivity index (χ0v) is 11.6. The fourth-order valence-electron chi connectivity index (χ4n) is 2.35. The van der Waals surface area contributed by atoms with Gasteiger partial charge in [0.15, 0.2) is 0 Å². The predicted molar refractivity (Wildman–Crippen MR) is 75.7 cm³/mol. The van der Waals surface area contributed by atoms with Crippen molar-refractivity contribution < 1.29 is 0 Å². The van der Waals surface area contributed by atoms with Crippen LogP contribution in [-0.2, 0) is 6.54 Å². The second-order valence-electron chi connectivity index (χ2n) is 4.89. The second-order valence-corrected chi connectivity index (χ2v) is 4.89. The first-order chi connectivity index (χ1) is 8.76. The summed E-state index contributed by atoms with van der Waals surface area (Å²) in [7, 11) is 0. The maximum atomic E-state index is 4.57. The Morgan fingerprint density at radius 2 is 2.06 bits per heavy atom. The lowest BCUT2D eigenvalue weighted by atomic mass is 10.0. The van der Waals surface area contributed by atoms with E-state index in [0.717, 1.165) is 30.3 Å². The summed E-state index contributed by atoms with van der Waals surface area (Å²) in [6, 6.07) is 6.14. The molecule has 3 heteroatoms. The quantitative estimate of drug-likeness (QED) is 0.847. The molecule has 18 heavy (non-hydrogen) atoms. The van der Waals surface area contributed by atoms with Crippen LogP contribution >= 0.6 is 0 Å². The fourth-order valence-corrected chi connectivity index (χ4v) is 2.35. The van der Waals surface area contributed by atoms with E-state index in [9.17, 15) is 0 Å². The van der Waals surface area contributed by atoms with E-state index in [2.05, 4.69) is 53.8 Å². The van der Waals surface area contributed by atoms with Crippen LogP contribution in [0.5, 0.6) is 0 Å². The van der Waals surface area contributed by atoms with Crippen LogP contribution in [-0.4, -0.2) is 15.9 Å². The van der Waals surface area contributed by atoms with Crippen LogP contribution in [0, 0.1) is 12.8 Å². The molecule has 0 radical (unpaired) electrons. The average molecular weight is 245 g/mol. The molecule has 2 heterocycles. The van der Waals surface area contributed by atoms with Crippen LogP contribution in [0.15, 0.2) is 24.4 Å². The molecule has 2 rings (SSSR count). The molecule has 0 spiro atoms. The Bertz CT molecular complexity index is 497. The SMILES string of the molecule is CCC(CC)CNCc1c(C)nc2ccccn12. The van der Waals surface area contributed by atoms with Gasteiger partial charge in [0, 0.05) is 12.7 Å². The Kier molecular flexibility index (Phi) is 4.37. The maximum absolute atomic E-state index is 4.57. The van der Waals surface area contributed by atoms with Gasteiger partial charge in [-0.25, -0.2) is 4.98 Å². The topological polar surface area (TPSA) is 29.3 Å². The lowest BCUT2D eigenvalue weighted by Gasteiger charge is -2.13. The number of nitrogens with one attached hydrogen (secondary N) is 1. The second kappa shape index (κ2) is 6.01. The standard InChI is InChI=1S/C15H23N3/c1-4-13(5-2)10-16-11-14-12(3)17-15-8-6-7-9-18(14)15/h6-9,13,16H,4-5,10-11H2,1-3H3. The smallest absolute Gasteiger partial charge is 0.137 e. The number of pyridine rings is 1. The number of aromatic nitrogens is 2. The summed E-state index contributed by atoms with van der Waals surface area (Å²) in [6.45, 7) is 8.59. The molecule has 0 saturated heterocycles. The highest BCUT2D eigenvalue weighted by molar-refractivity contribution is 5.42. The molecule has 0 unspecified atom stereocenters. The third-order valence-electron chi connectivity index (χ3n) is 3.71. The van der Waals surface area contributed by atoms with Crippen molar-refractivity contribution in [3.63, 3.8) is 0 Å². The van der Waals surface area contributed by atoms with Gasteiger partial charge in [0.25, 0.3) is 0 Å². The fraction of sp³-hybridized carbons (Fsp3) is 0.533. The number of hydrogen-bond acceptors (Lipinski definition) is 2. The minimum absolute atomic E-state index is 0.782. The third-order valence-corrected chi connectivity index (χ3v) is 3.71. The Labute approximate surface area is 109 Å².